The third kappa shape index (κ3) is 2.60. The van der Waals surface area contributed by atoms with Crippen LogP contribution in [0.2, 0.25) is 0 Å². The summed E-state index contributed by atoms with van der Waals surface area (Å²) >= 11 is 2.23. The van der Waals surface area contributed by atoms with E-state index in [0.29, 0.717) is 18.2 Å². The van der Waals surface area contributed by atoms with Gasteiger partial charge in [0.25, 0.3) is 0 Å². The molecule has 146 valence electrons. The van der Waals surface area contributed by atoms with Crippen LogP contribution in [0.15, 0.2) is 30.7 Å². The van der Waals surface area contributed by atoms with Crippen molar-refractivity contribution in [2.75, 3.05) is 11.4 Å². The summed E-state index contributed by atoms with van der Waals surface area (Å²) in [7, 11) is 0. The van der Waals surface area contributed by atoms with Gasteiger partial charge in [0.05, 0.1) is 23.6 Å². The fourth-order valence-corrected chi connectivity index (χ4v) is 4.75. The van der Waals surface area contributed by atoms with E-state index < -0.39 is 11.6 Å². The number of hydrogen-bond acceptors (Lipinski definition) is 3. The Balaban J connectivity index is 1.56. The molecule has 1 aromatic carbocycles. The van der Waals surface area contributed by atoms with Crippen molar-refractivity contribution in [2.45, 2.75) is 44.6 Å². The molecule has 1 saturated carbocycles. The van der Waals surface area contributed by atoms with Crippen LogP contribution in [-0.2, 0) is 11.0 Å². The van der Waals surface area contributed by atoms with Crippen LogP contribution in [-0.4, -0.2) is 25.9 Å². The fourth-order valence-electron chi connectivity index (χ4n) is 3.89. The van der Waals surface area contributed by atoms with Gasteiger partial charge in [0.1, 0.15) is 9.39 Å². The predicted octanol–water partition coefficient (Wildman–Crippen LogP) is 4.89. The molecule has 8 heteroatoms. The van der Waals surface area contributed by atoms with E-state index in [2.05, 4.69) is 58.0 Å². The van der Waals surface area contributed by atoms with Crippen molar-refractivity contribution in [1.29, 1.82) is 0 Å². The highest BCUT2D eigenvalue weighted by Gasteiger charge is 2.54. The minimum absolute atomic E-state index is 0.0426. The molecule has 5 rings (SSSR count). The van der Waals surface area contributed by atoms with E-state index in [9.17, 15) is 0 Å². The first-order valence-electron chi connectivity index (χ1n) is 9.25. The lowest BCUT2D eigenvalue weighted by Gasteiger charge is -2.19. The average molecular weight is 495 g/mol. The minimum Gasteiger partial charge on any atom is -0.304 e. The van der Waals surface area contributed by atoms with Crippen LogP contribution in [0.4, 0.5) is 20.4 Å². The van der Waals surface area contributed by atoms with Gasteiger partial charge >= 0.3 is 0 Å². The maximum absolute atomic E-state index is 15.1. The van der Waals surface area contributed by atoms with Crippen molar-refractivity contribution in [1.82, 2.24) is 19.3 Å². The topological polar surface area (TPSA) is 38.9 Å². The second kappa shape index (κ2) is 5.77. The number of imidazole rings is 1. The van der Waals surface area contributed by atoms with Gasteiger partial charge < -0.3 is 4.90 Å². The van der Waals surface area contributed by atoms with Crippen LogP contribution in [0.3, 0.4) is 0 Å². The van der Waals surface area contributed by atoms with Crippen LogP contribution in [0.5, 0.6) is 0 Å². The van der Waals surface area contributed by atoms with E-state index in [4.69, 9.17) is 0 Å². The molecule has 0 amide bonds. The lowest BCUT2D eigenvalue weighted by Crippen LogP contribution is -2.23. The second-order valence-corrected chi connectivity index (χ2v) is 9.81. The predicted molar refractivity (Wildman–Crippen MR) is 111 cm³/mol. The number of benzene rings is 1. The molecule has 0 saturated heterocycles. The molecule has 1 fully saturated rings. The molecular weight excluding hydrogens is 475 g/mol. The number of fused-ring (bicyclic) bond motifs is 2. The second-order valence-electron chi connectivity index (χ2n) is 8.71. The molecule has 1 aliphatic heterocycles. The molecule has 2 aromatic heterocycles. The Morgan fingerprint density at radius 2 is 1.79 bits per heavy atom. The minimum atomic E-state index is -0.606. The molecule has 0 atom stereocenters. The van der Waals surface area contributed by atoms with E-state index in [1.54, 1.807) is 17.3 Å². The molecule has 1 aliphatic carbocycles. The first-order chi connectivity index (χ1) is 13.2. The standard InChI is InChI=1S/C20H20F2IN5/c1-19(2,3)12-8-25-27(10-12)13-6-14(21)17(15(22)7-13)26-11-20(4-5-20)28-16(23)9-24-18(26)28/h6-10H,4-5,11H2,1-3H3. The molecule has 28 heavy (non-hydrogen) atoms. The van der Waals surface area contributed by atoms with Crippen LogP contribution in [0, 0.1) is 15.3 Å². The molecule has 0 bridgehead atoms. The van der Waals surface area contributed by atoms with E-state index in [1.165, 1.54) is 16.8 Å². The molecule has 3 aromatic rings. The Hall–Kier alpha value is -1.97. The van der Waals surface area contributed by atoms with Crippen LogP contribution in [0.25, 0.3) is 5.69 Å². The zero-order valence-electron chi connectivity index (χ0n) is 15.9. The van der Waals surface area contributed by atoms with Gasteiger partial charge in [0.2, 0.25) is 5.95 Å². The summed E-state index contributed by atoms with van der Waals surface area (Å²) in [4.78, 5) is 6.09. The van der Waals surface area contributed by atoms with E-state index in [0.717, 1.165) is 22.1 Å². The number of aromatic nitrogens is 4. The molecule has 5 nitrogen and oxygen atoms in total. The average Bonchev–Trinajstić information content (AvgIpc) is 2.98. The summed E-state index contributed by atoms with van der Waals surface area (Å²) in [6.07, 6.45) is 7.32. The first-order valence-corrected chi connectivity index (χ1v) is 10.3. The third-order valence-electron chi connectivity index (χ3n) is 5.68. The van der Waals surface area contributed by atoms with Gasteiger partial charge in [-0.2, -0.15) is 5.10 Å². The smallest absolute Gasteiger partial charge is 0.211 e. The van der Waals surface area contributed by atoms with E-state index >= 15 is 8.78 Å². The van der Waals surface area contributed by atoms with Gasteiger partial charge in [0.15, 0.2) is 11.6 Å². The molecular formula is C20H20F2IN5. The highest BCUT2D eigenvalue weighted by atomic mass is 127. The van der Waals surface area contributed by atoms with Crippen LogP contribution >= 0.6 is 22.6 Å². The summed E-state index contributed by atoms with van der Waals surface area (Å²) in [5, 5.41) is 4.29. The van der Waals surface area contributed by atoms with Crippen LogP contribution in [0.1, 0.15) is 39.2 Å². The number of nitrogens with zero attached hydrogens (tertiary/aromatic N) is 5. The van der Waals surface area contributed by atoms with Crippen molar-refractivity contribution in [3.63, 3.8) is 0 Å². The maximum Gasteiger partial charge on any atom is 0.211 e. The van der Waals surface area contributed by atoms with Crippen molar-refractivity contribution >= 4 is 34.2 Å². The monoisotopic (exact) mass is 495 g/mol. The normalized spacial score (nSPS) is 17.4. The quantitative estimate of drug-likeness (QED) is 0.476. The van der Waals surface area contributed by atoms with E-state index in [-0.39, 0.29) is 16.6 Å². The van der Waals surface area contributed by atoms with E-state index in [1.807, 2.05) is 6.20 Å². The molecule has 0 unspecified atom stereocenters. The Kier molecular flexibility index (Phi) is 3.73. The van der Waals surface area contributed by atoms with Crippen molar-refractivity contribution < 1.29 is 8.78 Å². The largest absolute Gasteiger partial charge is 0.304 e. The van der Waals surface area contributed by atoms with Crippen molar-refractivity contribution in [3.05, 3.63) is 51.6 Å². The number of hydrogen-bond donors (Lipinski definition) is 0. The molecule has 2 aliphatic rings. The SMILES string of the molecule is CC(C)(C)c1cnn(-c2cc(F)c(N3CC4(CC4)n4c(I)cnc43)c(F)c2)c1. The number of rotatable bonds is 2. The van der Waals surface area contributed by atoms with Gasteiger partial charge in [0, 0.05) is 24.9 Å². The Morgan fingerprint density at radius 1 is 1.11 bits per heavy atom. The summed E-state index contributed by atoms with van der Waals surface area (Å²) in [6.45, 7) is 6.77. The Bertz CT molecular complexity index is 1070. The van der Waals surface area contributed by atoms with Gasteiger partial charge in [-0.15, -0.1) is 0 Å². The lowest BCUT2D eigenvalue weighted by molar-refractivity contribution is 0.535. The highest BCUT2D eigenvalue weighted by Crippen LogP contribution is 2.54. The first kappa shape index (κ1) is 18.1. The Labute approximate surface area is 175 Å². The zero-order chi connectivity index (χ0) is 19.8. The summed E-state index contributed by atoms with van der Waals surface area (Å²) < 4.78 is 34.8. The summed E-state index contributed by atoms with van der Waals surface area (Å²) in [5.41, 5.74) is 1.18. The fraction of sp³-hybridized carbons (Fsp3) is 0.400. The molecule has 3 heterocycles. The van der Waals surface area contributed by atoms with Gasteiger partial charge in [-0.3, -0.25) is 4.57 Å². The van der Waals surface area contributed by atoms with Gasteiger partial charge in [-0.25, -0.2) is 18.4 Å². The molecule has 0 radical (unpaired) electrons. The number of anilines is 2. The summed E-state index contributed by atoms with van der Waals surface area (Å²) in [6, 6.07) is 2.68. The van der Waals surface area contributed by atoms with Crippen molar-refractivity contribution in [3.8, 4) is 5.69 Å². The summed E-state index contributed by atoms with van der Waals surface area (Å²) in [5.74, 6) is -0.600. The Morgan fingerprint density at radius 3 is 2.36 bits per heavy atom. The number of halogens is 3. The lowest BCUT2D eigenvalue weighted by atomic mass is 9.90. The third-order valence-corrected chi connectivity index (χ3v) is 6.44. The zero-order valence-corrected chi connectivity index (χ0v) is 18.0. The molecule has 1 spiro atoms. The van der Waals surface area contributed by atoms with Gasteiger partial charge in [-0.05, 0) is 46.4 Å². The van der Waals surface area contributed by atoms with Gasteiger partial charge in [-0.1, -0.05) is 20.8 Å². The molecule has 0 N–H and O–H groups in total. The van der Waals surface area contributed by atoms with Crippen molar-refractivity contribution in [2.24, 2.45) is 0 Å². The van der Waals surface area contributed by atoms with Crippen LogP contribution < -0.4 is 4.90 Å². The maximum atomic E-state index is 15.1. The highest BCUT2D eigenvalue weighted by molar-refractivity contribution is 14.1.